The van der Waals surface area contributed by atoms with Crippen molar-refractivity contribution in [2.24, 2.45) is 0 Å². The third-order valence-electron chi connectivity index (χ3n) is 3.08. The predicted octanol–water partition coefficient (Wildman–Crippen LogP) is -0.0930. The molecule has 1 radical (unpaired) electrons. The van der Waals surface area contributed by atoms with Gasteiger partial charge in [0.1, 0.15) is 18.4 Å². The second-order valence-electron chi connectivity index (χ2n) is 4.61. The van der Waals surface area contributed by atoms with Crippen molar-refractivity contribution in [3.05, 3.63) is 22.2 Å². The summed E-state index contributed by atoms with van der Waals surface area (Å²) in [7, 11) is 0. The molecule has 20 heavy (non-hydrogen) atoms. The molecule has 8 heteroatoms. The van der Waals surface area contributed by atoms with Crippen molar-refractivity contribution >= 4 is 5.97 Å². The maximum Gasteiger partial charge on any atom is 0.353 e. The molecule has 2 rings (SSSR count). The molecule has 3 atom stereocenters. The lowest BCUT2D eigenvalue weighted by Gasteiger charge is -2.15. The fraction of sp³-hybridized carbons (Fsp3) is 0.583. The highest BCUT2D eigenvalue weighted by atomic mass is 16.6. The van der Waals surface area contributed by atoms with E-state index in [1.165, 1.54) is 24.6 Å². The SMILES string of the molecule is CC(=O)OC1CC(n2cc(C)c([O])nc2=O)OC1CO. The summed E-state index contributed by atoms with van der Waals surface area (Å²) in [4.78, 5) is 26.0. The fourth-order valence-corrected chi connectivity index (χ4v) is 2.13. The van der Waals surface area contributed by atoms with Crippen LogP contribution in [0.1, 0.15) is 25.1 Å². The van der Waals surface area contributed by atoms with Crippen LogP contribution in [0.2, 0.25) is 0 Å². The molecule has 0 amide bonds. The van der Waals surface area contributed by atoms with Crippen molar-refractivity contribution in [3.63, 3.8) is 0 Å². The van der Waals surface area contributed by atoms with Crippen molar-refractivity contribution in [2.45, 2.75) is 38.7 Å². The van der Waals surface area contributed by atoms with Gasteiger partial charge in [0.15, 0.2) is 0 Å². The normalized spacial score (nSPS) is 25.6. The molecule has 109 valence electrons. The van der Waals surface area contributed by atoms with Gasteiger partial charge in [0.05, 0.1) is 6.61 Å². The van der Waals surface area contributed by atoms with Gasteiger partial charge in [0, 0.05) is 25.1 Å². The Labute approximate surface area is 114 Å². The number of rotatable bonds is 3. The van der Waals surface area contributed by atoms with Gasteiger partial charge in [-0.1, -0.05) is 0 Å². The Kier molecular flexibility index (Phi) is 4.05. The number of carbonyl (C=O) groups excluding carboxylic acids is 1. The monoisotopic (exact) mass is 283 g/mol. The molecular weight excluding hydrogens is 268 g/mol. The molecule has 3 unspecified atom stereocenters. The van der Waals surface area contributed by atoms with Gasteiger partial charge in [-0.15, -0.1) is 0 Å². The minimum atomic E-state index is -0.731. The highest BCUT2D eigenvalue weighted by molar-refractivity contribution is 5.66. The van der Waals surface area contributed by atoms with Gasteiger partial charge >= 0.3 is 11.7 Å². The number of aromatic nitrogens is 2. The Morgan fingerprint density at radius 2 is 2.35 bits per heavy atom. The number of aryl methyl sites for hydroxylation is 1. The molecule has 0 aliphatic carbocycles. The number of nitrogens with zero attached hydrogens (tertiary/aromatic N) is 2. The van der Waals surface area contributed by atoms with Crippen molar-refractivity contribution in [3.8, 4) is 5.88 Å². The van der Waals surface area contributed by atoms with Crippen LogP contribution in [-0.4, -0.2) is 39.4 Å². The van der Waals surface area contributed by atoms with Crippen molar-refractivity contribution in [1.29, 1.82) is 0 Å². The third kappa shape index (κ3) is 2.81. The van der Waals surface area contributed by atoms with E-state index in [1.54, 1.807) is 0 Å². The summed E-state index contributed by atoms with van der Waals surface area (Å²) in [6.07, 6.45) is -0.503. The summed E-state index contributed by atoms with van der Waals surface area (Å²) >= 11 is 0. The highest BCUT2D eigenvalue weighted by Gasteiger charge is 2.38. The van der Waals surface area contributed by atoms with Crippen LogP contribution >= 0.6 is 0 Å². The first kappa shape index (κ1) is 14.5. The lowest BCUT2D eigenvalue weighted by molar-refractivity contribution is -0.150. The lowest BCUT2D eigenvalue weighted by Crippen LogP contribution is -2.29. The smallest absolute Gasteiger partial charge is 0.353 e. The van der Waals surface area contributed by atoms with E-state index in [1.807, 2.05) is 0 Å². The van der Waals surface area contributed by atoms with Gasteiger partial charge in [-0.25, -0.2) is 4.79 Å². The number of esters is 1. The number of ether oxygens (including phenoxy) is 2. The van der Waals surface area contributed by atoms with Crippen LogP contribution in [0.25, 0.3) is 0 Å². The van der Waals surface area contributed by atoms with E-state index in [0.29, 0.717) is 5.56 Å². The molecule has 1 saturated heterocycles. The summed E-state index contributed by atoms with van der Waals surface area (Å²) in [5, 5.41) is 20.5. The first-order valence-corrected chi connectivity index (χ1v) is 6.12. The number of hydrogen-bond acceptors (Lipinski definition) is 6. The van der Waals surface area contributed by atoms with Crippen LogP contribution in [0.5, 0.6) is 5.88 Å². The molecule has 1 aliphatic rings. The van der Waals surface area contributed by atoms with E-state index in [2.05, 4.69) is 4.98 Å². The fourth-order valence-electron chi connectivity index (χ4n) is 2.13. The van der Waals surface area contributed by atoms with Gasteiger partial charge < -0.3 is 14.6 Å². The second-order valence-corrected chi connectivity index (χ2v) is 4.61. The van der Waals surface area contributed by atoms with E-state index >= 15 is 0 Å². The molecule has 1 fully saturated rings. The molecular formula is C12H15N2O6. The standard InChI is InChI=1S/C12H15N2O6/c1-6-4-14(12(18)13-11(6)17)10-3-8(19-7(2)16)9(5-15)20-10/h4,8-10,15H,3,5H2,1-2H3. The number of hydrogen-bond donors (Lipinski definition) is 1. The zero-order valence-electron chi connectivity index (χ0n) is 11.1. The molecule has 0 bridgehead atoms. The van der Waals surface area contributed by atoms with Crippen molar-refractivity contribution in [1.82, 2.24) is 9.55 Å². The molecule has 2 heterocycles. The Bertz CT molecular complexity index is 570. The predicted molar refractivity (Wildman–Crippen MR) is 64.5 cm³/mol. The number of aliphatic hydroxyl groups is 1. The Morgan fingerprint density at radius 1 is 1.65 bits per heavy atom. The van der Waals surface area contributed by atoms with E-state index in [-0.39, 0.29) is 13.0 Å². The molecule has 0 spiro atoms. The summed E-state index contributed by atoms with van der Waals surface area (Å²) in [5.74, 6) is -1.08. The molecule has 0 aromatic carbocycles. The largest absolute Gasteiger partial charge is 0.460 e. The van der Waals surface area contributed by atoms with Gasteiger partial charge in [-0.05, 0) is 6.92 Å². The molecule has 1 aliphatic heterocycles. The minimum Gasteiger partial charge on any atom is -0.460 e. The van der Waals surface area contributed by atoms with Crippen LogP contribution in [0.3, 0.4) is 0 Å². The highest BCUT2D eigenvalue weighted by Crippen LogP contribution is 2.30. The lowest BCUT2D eigenvalue weighted by atomic mass is 10.2. The number of carbonyl (C=O) groups is 1. The maximum atomic E-state index is 11.7. The van der Waals surface area contributed by atoms with Gasteiger partial charge in [-0.2, -0.15) is 4.98 Å². The van der Waals surface area contributed by atoms with E-state index in [4.69, 9.17) is 9.47 Å². The molecule has 8 nitrogen and oxygen atoms in total. The van der Waals surface area contributed by atoms with Crippen molar-refractivity contribution in [2.75, 3.05) is 6.61 Å². The zero-order valence-corrected chi connectivity index (χ0v) is 11.1. The van der Waals surface area contributed by atoms with E-state index < -0.39 is 36.0 Å². The van der Waals surface area contributed by atoms with Gasteiger partial charge in [0.25, 0.3) is 5.88 Å². The number of aliphatic hydroxyl groups excluding tert-OH is 1. The zero-order chi connectivity index (χ0) is 14.9. The molecule has 1 aromatic rings. The Hall–Kier alpha value is -1.93. The van der Waals surface area contributed by atoms with Crippen LogP contribution in [0.4, 0.5) is 0 Å². The van der Waals surface area contributed by atoms with Gasteiger partial charge in [0.2, 0.25) is 0 Å². The molecule has 0 saturated carbocycles. The Balaban J connectivity index is 2.25. The van der Waals surface area contributed by atoms with Gasteiger partial charge in [-0.3, -0.25) is 14.5 Å². The maximum absolute atomic E-state index is 11.7. The summed E-state index contributed by atoms with van der Waals surface area (Å²) < 4.78 is 11.7. The first-order chi connectivity index (χ1) is 9.42. The van der Waals surface area contributed by atoms with E-state index in [9.17, 15) is 19.8 Å². The average Bonchev–Trinajstić information content (AvgIpc) is 2.75. The summed E-state index contributed by atoms with van der Waals surface area (Å²) in [6.45, 7) is 2.45. The minimum absolute atomic E-state index is 0.212. The molecule has 1 aromatic heterocycles. The van der Waals surface area contributed by atoms with E-state index in [0.717, 1.165) is 0 Å². The summed E-state index contributed by atoms with van der Waals surface area (Å²) in [6, 6.07) is 0. The average molecular weight is 283 g/mol. The van der Waals surface area contributed by atoms with Crippen LogP contribution in [0, 0.1) is 6.92 Å². The third-order valence-corrected chi connectivity index (χ3v) is 3.08. The van der Waals surface area contributed by atoms with Crippen LogP contribution < -0.4 is 5.69 Å². The van der Waals surface area contributed by atoms with Crippen molar-refractivity contribution < 1.29 is 24.5 Å². The van der Waals surface area contributed by atoms with Crippen LogP contribution in [0.15, 0.2) is 11.0 Å². The topological polar surface area (TPSA) is 111 Å². The first-order valence-electron chi connectivity index (χ1n) is 6.12. The summed E-state index contributed by atoms with van der Waals surface area (Å²) in [5.41, 5.74) is -0.421. The van der Waals surface area contributed by atoms with Crippen LogP contribution in [-0.2, 0) is 19.4 Å². The second kappa shape index (κ2) is 5.59. The quantitative estimate of drug-likeness (QED) is 0.776. The Morgan fingerprint density at radius 3 is 2.95 bits per heavy atom. The molecule has 1 N–H and O–H groups in total.